The van der Waals surface area contributed by atoms with E-state index in [2.05, 4.69) is 10.4 Å². The molecule has 0 aliphatic rings. The molecule has 0 aliphatic carbocycles. The van der Waals surface area contributed by atoms with Gasteiger partial charge in [0.15, 0.2) is 0 Å². The van der Waals surface area contributed by atoms with E-state index in [1.54, 1.807) is 4.68 Å². The first-order chi connectivity index (χ1) is 7.99. The van der Waals surface area contributed by atoms with Crippen LogP contribution < -0.4 is 5.32 Å². The molecule has 1 aromatic rings. The maximum absolute atomic E-state index is 11.8. The Morgan fingerprint density at radius 1 is 1.53 bits per heavy atom. The van der Waals surface area contributed by atoms with Gasteiger partial charge in [0.25, 0.3) is 0 Å². The second-order valence-electron chi connectivity index (χ2n) is 4.31. The van der Waals surface area contributed by atoms with Crippen LogP contribution in [-0.4, -0.2) is 33.4 Å². The molecule has 5 nitrogen and oxygen atoms in total. The van der Waals surface area contributed by atoms with Crippen LogP contribution in [0.5, 0.6) is 0 Å². The molecule has 0 bridgehead atoms. The summed E-state index contributed by atoms with van der Waals surface area (Å²) in [5.74, 6) is -0.0647. The highest BCUT2D eigenvalue weighted by molar-refractivity contribution is 5.79. The largest absolute Gasteiger partial charge is 0.394 e. The standard InChI is InChI=1S/C12H21N3O2/c1-5-10(7-16)13-12(17)6-11-8(2)14-15(4)9(11)3/h10,16H,5-7H2,1-4H3,(H,13,17)/t10-/m1/s1. The maximum atomic E-state index is 11.8. The van der Waals surface area contributed by atoms with Crippen LogP contribution in [0.3, 0.4) is 0 Å². The van der Waals surface area contributed by atoms with Crippen molar-refractivity contribution in [3.05, 3.63) is 17.0 Å². The van der Waals surface area contributed by atoms with Gasteiger partial charge < -0.3 is 10.4 Å². The van der Waals surface area contributed by atoms with Gasteiger partial charge in [-0.3, -0.25) is 9.48 Å². The highest BCUT2D eigenvalue weighted by Crippen LogP contribution is 2.12. The van der Waals surface area contributed by atoms with Gasteiger partial charge in [-0.25, -0.2) is 0 Å². The third-order valence-electron chi connectivity index (χ3n) is 3.07. The Balaban J connectivity index is 2.68. The van der Waals surface area contributed by atoms with Gasteiger partial charge >= 0.3 is 0 Å². The topological polar surface area (TPSA) is 67.2 Å². The molecule has 1 rings (SSSR count). The molecule has 0 saturated carbocycles. The fourth-order valence-corrected chi connectivity index (χ4v) is 1.79. The van der Waals surface area contributed by atoms with Crippen molar-refractivity contribution in [2.75, 3.05) is 6.61 Å². The third kappa shape index (κ3) is 3.30. The molecule has 0 aromatic carbocycles. The molecular weight excluding hydrogens is 218 g/mol. The third-order valence-corrected chi connectivity index (χ3v) is 3.07. The highest BCUT2D eigenvalue weighted by Gasteiger charge is 2.15. The molecule has 0 unspecified atom stereocenters. The van der Waals surface area contributed by atoms with E-state index in [1.165, 1.54) is 0 Å². The minimum absolute atomic E-state index is 0.0206. The number of amides is 1. The Morgan fingerprint density at radius 2 is 2.18 bits per heavy atom. The molecule has 0 saturated heterocycles. The fourth-order valence-electron chi connectivity index (χ4n) is 1.79. The maximum Gasteiger partial charge on any atom is 0.224 e. The number of carbonyl (C=O) groups is 1. The minimum atomic E-state index is -0.153. The van der Waals surface area contributed by atoms with Crippen molar-refractivity contribution >= 4 is 5.91 Å². The summed E-state index contributed by atoms with van der Waals surface area (Å²) in [6.07, 6.45) is 1.05. The Bertz CT molecular complexity index is 395. The summed E-state index contributed by atoms with van der Waals surface area (Å²) in [6.45, 7) is 5.76. The number of aliphatic hydroxyl groups is 1. The second-order valence-corrected chi connectivity index (χ2v) is 4.31. The molecule has 0 spiro atoms. The molecule has 5 heteroatoms. The summed E-state index contributed by atoms with van der Waals surface area (Å²) < 4.78 is 1.78. The molecule has 96 valence electrons. The van der Waals surface area contributed by atoms with E-state index in [0.717, 1.165) is 23.4 Å². The zero-order chi connectivity index (χ0) is 13.0. The van der Waals surface area contributed by atoms with Crippen LogP contribution in [0.15, 0.2) is 0 Å². The number of hydrogen-bond donors (Lipinski definition) is 2. The van der Waals surface area contributed by atoms with Crippen molar-refractivity contribution < 1.29 is 9.90 Å². The Morgan fingerprint density at radius 3 is 2.59 bits per heavy atom. The molecule has 1 aromatic heterocycles. The van der Waals surface area contributed by atoms with Gasteiger partial charge in [-0.05, 0) is 20.3 Å². The quantitative estimate of drug-likeness (QED) is 0.784. The van der Waals surface area contributed by atoms with Gasteiger partial charge in [0.05, 0.1) is 24.8 Å². The first-order valence-corrected chi connectivity index (χ1v) is 5.88. The van der Waals surface area contributed by atoms with Crippen molar-refractivity contribution in [3.63, 3.8) is 0 Å². The van der Waals surface area contributed by atoms with Crippen LogP contribution in [0.1, 0.15) is 30.3 Å². The summed E-state index contributed by atoms with van der Waals surface area (Å²) >= 11 is 0. The first-order valence-electron chi connectivity index (χ1n) is 5.88. The lowest BCUT2D eigenvalue weighted by molar-refractivity contribution is -0.121. The molecule has 2 N–H and O–H groups in total. The smallest absolute Gasteiger partial charge is 0.224 e. The number of aliphatic hydroxyl groups excluding tert-OH is 1. The predicted octanol–water partition coefficient (Wildman–Crippen LogP) is 0.467. The van der Waals surface area contributed by atoms with Gasteiger partial charge in [0, 0.05) is 18.3 Å². The molecule has 0 fully saturated rings. The van der Waals surface area contributed by atoms with Gasteiger partial charge in [-0.1, -0.05) is 6.92 Å². The molecule has 1 heterocycles. The zero-order valence-electron chi connectivity index (χ0n) is 10.9. The number of hydrogen-bond acceptors (Lipinski definition) is 3. The number of nitrogens with zero attached hydrogens (tertiary/aromatic N) is 2. The highest BCUT2D eigenvalue weighted by atomic mass is 16.3. The van der Waals surface area contributed by atoms with Crippen molar-refractivity contribution in [2.24, 2.45) is 7.05 Å². The van der Waals surface area contributed by atoms with Crippen LogP contribution in [0.2, 0.25) is 0 Å². The zero-order valence-corrected chi connectivity index (χ0v) is 10.9. The normalized spacial score (nSPS) is 12.5. The summed E-state index contributed by atoms with van der Waals surface area (Å²) in [5, 5.41) is 16.1. The lowest BCUT2D eigenvalue weighted by atomic mass is 10.1. The monoisotopic (exact) mass is 239 g/mol. The Labute approximate surface area is 102 Å². The van der Waals surface area contributed by atoms with Crippen LogP contribution in [-0.2, 0) is 18.3 Å². The molecule has 17 heavy (non-hydrogen) atoms. The van der Waals surface area contributed by atoms with Crippen molar-refractivity contribution in [1.29, 1.82) is 0 Å². The molecule has 1 amide bonds. The van der Waals surface area contributed by atoms with E-state index in [9.17, 15) is 4.79 Å². The van der Waals surface area contributed by atoms with Gasteiger partial charge in [0.1, 0.15) is 0 Å². The number of aromatic nitrogens is 2. The van der Waals surface area contributed by atoms with Crippen LogP contribution >= 0.6 is 0 Å². The summed E-state index contributed by atoms with van der Waals surface area (Å²) in [6, 6.07) is -0.153. The fraction of sp³-hybridized carbons (Fsp3) is 0.667. The van der Waals surface area contributed by atoms with Gasteiger partial charge in [-0.15, -0.1) is 0 Å². The first kappa shape index (κ1) is 13.7. The number of nitrogens with one attached hydrogen (secondary N) is 1. The number of rotatable bonds is 5. The average molecular weight is 239 g/mol. The van der Waals surface area contributed by atoms with Crippen molar-refractivity contribution in [3.8, 4) is 0 Å². The van der Waals surface area contributed by atoms with E-state index < -0.39 is 0 Å². The molecule has 1 atom stereocenters. The van der Waals surface area contributed by atoms with Crippen LogP contribution in [0.25, 0.3) is 0 Å². The Hall–Kier alpha value is -1.36. The van der Waals surface area contributed by atoms with E-state index in [4.69, 9.17) is 5.11 Å². The molecule has 0 radical (unpaired) electrons. The molecule has 0 aliphatic heterocycles. The van der Waals surface area contributed by atoms with E-state index in [1.807, 2.05) is 27.8 Å². The summed E-state index contributed by atoms with van der Waals surface area (Å²) in [7, 11) is 1.87. The second kappa shape index (κ2) is 5.82. The Kier molecular flexibility index (Phi) is 4.69. The lowest BCUT2D eigenvalue weighted by Gasteiger charge is -2.13. The summed E-state index contributed by atoms with van der Waals surface area (Å²) in [4.78, 5) is 11.8. The van der Waals surface area contributed by atoms with E-state index in [0.29, 0.717) is 6.42 Å². The van der Waals surface area contributed by atoms with Crippen molar-refractivity contribution in [1.82, 2.24) is 15.1 Å². The van der Waals surface area contributed by atoms with Gasteiger partial charge in [-0.2, -0.15) is 5.10 Å². The lowest BCUT2D eigenvalue weighted by Crippen LogP contribution is -2.38. The van der Waals surface area contributed by atoms with Gasteiger partial charge in [0.2, 0.25) is 5.91 Å². The van der Waals surface area contributed by atoms with E-state index in [-0.39, 0.29) is 18.6 Å². The average Bonchev–Trinajstić information content (AvgIpc) is 2.53. The minimum Gasteiger partial charge on any atom is -0.394 e. The summed E-state index contributed by atoms with van der Waals surface area (Å²) in [5.41, 5.74) is 2.87. The van der Waals surface area contributed by atoms with Crippen LogP contribution in [0.4, 0.5) is 0 Å². The number of carbonyl (C=O) groups excluding carboxylic acids is 1. The number of aryl methyl sites for hydroxylation is 2. The molecular formula is C12H21N3O2. The SMILES string of the molecule is CC[C@H](CO)NC(=O)Cc1c(C)nn(C)c1C. The van der Waals surface area contributed by atoms with Crippen molar-refractivity contribution in [2.45, 2.75) is 39.7 Å². The van der Waals surface area contributed by atoms with Crippen LogP contribution in [0, 0.1) is 13.8 Å². The van der Waals surface area contributed by atoms with E-state index >= 15 is 0 Å². The predicted molar refractivity (Wildman–Crippen MR) is 65.7 cm³/mol.